The number of nitrogens with zero attached hydrogens (tertiary/aromatic N) is 1. The van der Waals surface area contributed by atoms with Crippen molar-refractivity contribution in [2.45, 2.75) is 43.4 Å². The summed E-state index contributed by atoms with van der Waals surface area (Å²) in [5, 5.41) is 10.1. The molecule has 0 saturated carbocycles. The summed E-state index contributed by atoms with van der Waals surface area (Å²) in [6, 6.07) is 23.6. The molecule has 32 heavy (non-hydrogen) atoms. The lowest BCUT2D eigenvalue weighted by atomic mass is 9.95. The van der Waals surface area contributed by atoms with Gasteiger partial charge in [-0.2, -0.15) is 0 Å². The number of rotatable bonds is 5. The molecular weight excluding hydrogens is 521 g/mol. The summed E-state index contributed by atoms with van der Waals surface area (Å²) in [6.45, 7) is -0.177. The Morgan fingerprint density at radius 1 is 0.719 bits per heavy atom. The van der Waals surface area contributed by atoms with Crippen LogP contribution in [0.5, 0.6) is 0 Å². The highest BCUT2D eigenvalue weighted by atomic mass is 127. The summed E-state index contributed by atoms with van der Waals surface area (Å²) in [5.41, 5.74) is 2.71. The Balaban J connectivity index is 1.46. The second kappa shape index (κ2) is 9.94. The molecule has 0 spiro atoms. The molecule has 7 heteroatoms. The molecule has 0 radical (unpaired) electrons. The molecule has 1 N–H and O–H groups in total. The smallest absolute Gasteiger partial charge is 0.184 e. The number of fused-ring (bicyclic) bond motifs is 1. The van der Waals surface area contributed by atoms with Gasteiger partial charge in [0.2, 0.25) is 0 Å². The Labute approximate surface area is 200 Å². The van der Waals surface area contributed by atoms with E-state index in [2.05, 4.69) is 27.6 Å². The number of aliphatic hydroxyl groups is 1. The molecule has 2 aliphatic rings. The fourth-order valence-corrected chi connectivity index (χ4v) is 4.47. The molecule has 2 fully saturated rings. The zero-order valence-corrected chi connectivity index (χ0v) is 19.4. The van der Waals surface area contributed by atoms with Crippen molar-refractivity contribution in [1.29, 1.82) is 0 Å². The van der Waals surface area contributed by atoms with E-state index in [1.807, 2.05) is 79.0 Å². The average Bonchev–Trinajstić information content (AvgIpc) is 2.86. The van der Waals surface area contributed by atoms with Crippen molar-refractivity contribution in [2.75, 3.05) is 6.61 Å². The molecule has 166 valence electrons. The molecule has 2 unspecified atom stereocenters. The van der Waals surface area contributed by atoms with Crippen LogP contribution in [0.25, 0.3) is 0 Å². The predicted molar refractivity (Wildman–Crippen MR) is 126 cm³/mol. The molecule has 6 nitrogen and oxygen atoms in total. The van der Waals surface area contributed by atoms with Crippen molar-refractivity contribution in [3.8, 4) is 0 Å². The molecule has 0 amide bonds. The second-order valence-electron chi connectivity index (χ2n) is 7.89. The van der Waals surface area contributed by atoms with E-state index in [9.17, 15) is 5.11 Å². The van der Waals surface area contributed by atoms with Crippen LogP contribution < -0.4 is 0 Å². The Kier molecular flexibility index (Phi) is 6.82. The summed E-state index contributed by atoms with van der Waals surface area (Å²) in [5.74, 6) is 0. The van der Waals surface area contributed by atoms with Crippen LogP contribution >= 0.6 is 22.6 Å². The first-order valence-electron chi connectivity index (χ1n) is 10.6. The molecule has 5 rings (SSSR count). The Morgan fingerprint density at radius 3 is 1.81 bits per heavy atom. The summed E-state index contributed by atoms with van der Waals surface area (Å²) in [6.07, 6.45) is -0.556. The number of hydrogen-bond donors (Lipinski definition) is 1. The third kappa shape index (κ3) is 4.73. The number of benzene rings is 2. The lowest BCUT2D eigenvalue weighted by Crippen LogP contribution is -2.59. The zero-order chi connectivity index (χ0) is 21.9. The minimum absolute atomic E-state index is 0.177. The van der Waals surface area contributed by atoms with Crippen LogP contribution in [-0.4, -0.2) is 41.1 Å². The molecule has 2 saturated heterocycles. The van der Waals surface area contributed by atoms with Crippen LogP contribution in [-0.2, 0) is 25.4 Å². The van der Waals surface area contributed by atoms with Crippen molar-refractivity contribution in [2.24, 2.45) is 0 Å². The number of hydrogen-bond acceptors (Lipinski definition) is 6. The monoisotopic (exact) mass is 545 g/mol. The maximum atomic E-state index is 10.1. The van der Waals surface area contributed by atoms with Gasteiger partial charge in [0.05, 0.1) is 12.7 Å². The van der Waals surface area contributed by atoms with Crippen LogP contribution in [0.3, 0.4) is 0 Å². The predicted octanol–water partition coefficient (Wildman–Crippen LogP) is 4.19. The van der Waals surface area contributed by atoms with Gasteiger partial charge in [0, 0.05) is 33.0 Å². The molecule has 3 aromatic rings. The third-order valence-electron chi connectivity index (χ3n) is 5.74. The van der Waals surface area contributed by atoms with Gasteiger partial charge < -0.3 is 24.1 Å². The second-order valence-corrected chi connectivity index (χ2v) is 9.14. The fourth-order valence-electron chi connectivity index (χ4n) is 4.15. The molecule has 2 aliphatic heterocycles. The Bertz CT molecular complexity index is 1000. The highest BCUT2D eigenvalue weighted by molar-refractivity contribution is 14.1. The van der Waals surface area contributed by atoms with Crippen LogP contribution in [0.4, 0.5) is 0 Å². The fraction of sp³-hybridized carbons (Fsp3) is 0.320. The van der Waals surface area contributed by atoms with Gasteiger partial charge in [0.1, 0.15) is 18.3 Å². The van der Waals surface area contributed by atoms with E-state index in [1.54, 1.807) is 0 Å². The van der Waals surface area contributed by atoms with E-state index in [0.29, 0.717) is 6.42 Å². The first-order valence-corrected chi connectivity index (χ1v) is 11.7. The van der Waals surface area contributed by atoms with Gasteiger partial charge in [-0.15, -0.1) is 0 Å². The van der Waals surface area contributed by atoms with Crippen LogP contribution in [0.15, 0.2) is 79.0 Å². The molecule has 6 atom stereocenters. The van der Waals surface area contributed by atoms with Crippen molar-refractivity contribution < 1.29 is 24.1 Å². The largest absolute Gasteiger partial charge is 0.394 e. The summed E-state index contributed by atoms with van der Waals surface area (Å²) in [7, 11) is 0. The summed E-state index contributed by atoms with van der Waals surface area (Å²) >= 11 is 2.24. The Morgan fingerprint density at radius 2 is 1.28 bits per heavy atom. The molecule has 1 aromatic heterocycles. The van der Waals surface area contributed by atoms with Crippen molar-refractivity contribution >= 4 is 22.6 Å². The third-order valence-corrected chi connectivity index (χ3v) is 6.38. The van der Waals surface area contributed by atoms with Gasteiger partial charge in [-0.25, -0.2) is 0 Å². The van der Waals surface area contributed by atoms with Gasteiger partial charge >= 0.3 is 0 Å². The molecular formula is C25H24INO5. The number of pyridine rings is 1. The molecule has 3 heterocycles. The van der Waals surface area contributed by atoms with Gasteiger partial charge in [0.15, 0.2) is 12.6 Å². The van der Waals surface area contributed by atoms with Crippen molar-refractivity contribution in [3.63, 3.8) is 0 Å². The lowest BCUT2D eigenvalue weighted by molar-refractivity contribution is -0.384. The summed E-state index contributed by atoms with van der Waals surface area (Å²) in [4.78, 5) is 4.56. The lowest BCUT2D eigenvalue weighted by Gasteiger charge is -2.49. The SMILES string of the molecule is OC[C@H]1OC(c2ccccc2)O[C@@H]2[C@@H]1OC(c1ccccc1)O[C@@H]2Cc1ccc(I)cn1. The summed E-state index contributed by atoms with van der Waals surface area (Å²) < 4.78 is 26.3. The van der Waals surface area contributed by atoms with E-state index in [0.717, 1.165) is 20.4 Å². The number of ether oxygens (including phenoxy) is 4. The average molecular weight is 545 g/mol. The molecule has 0 bridgehead atoms. The minimum atomic E-state index is -0.609. The first kappa shape index (κ1) is 21.9. The Hall–Kier alpha value is -1.88. The standard InChI is InChI=1S/C25H24INO5/c26-18-11-12-19(27-14-18)13-20-22-23(32-24(29-20)16-7-3-1-4-8-16)21(15-28)30-25(31-22)17-9-5-2-6-10-17/h1-12,14,20-25,28H,13,15H2/t20-,21-,22+,23-,24?,25?/m1/s1. The molecule has 2 aromatic carbocycles. The normalized spacial score (nSPS) is 29.9. The topological polar surface area (TPSA) is 70.0 Å². The van der Waals surface area contributed by atoms with Crippen LogP contribution in [0.2, 0.25) is 0 Å². The van der Waals surface area contributed by atoms with E-state index >= 15 is 0 Å². The maximum Gasteiger partial charge on any atom is 0.184 e. The first-order chi connectivity index (χ1) is 15.7. The number of halogens is 1. The quantitative estimate of drug-likeness (QED) is 0.486. The van der Waals surface area contributed by atoms with Gasteiger partial charge in [-0.3, -0.25) is 4.98 Å². The highest BCUT2D eigenvalue weighted by Crippen LogP contribution is 2.41. The van der Waals surface area contributed by atoms with Crippen molar-refractivity contribution in [3.05, 3.63) is 99.4 Å². The van der Waals surface area contributed by atoms with E-state index in [-0.39, 0.29) is 12.7 Å². The van der Waals surface area contributed by atoms with Gasteiger partial charge in [0.25, 0.3) is 0 Å². The number of aliphatic hydroxyl groups excluding tert-OH is 1. The van der Waals surface area contributed by atoms with E-state index in [4.69, 9.17) is 18.9 Å². The van der Waals surface area contributed by atoms with Gasteiger partial charge in [-0.05, 0) is 34.7 Å². The van der Waals surface area contributed by atoms with Crippen LogP contribution in [0, 0.1) is 3.57 Å². The van der Waals surface area contributed by atoms with Crippen molar-refractivity contribution in [1.82, 2.24) is 4.98 Å². The van der Waals surface area contributed by atoms with E-state index < -0.39 is 30.9 Å². The minimum Gasteiger partial charge on any atom is -0.394 e. The van der Waals surface area contributed by atoms with E-state index in [1.165, 1.54) is 0 Å². The van der Waals surface area contributed by atoms with Crippen LogP contribution in [0.1, 0.15) is 29.4 Å². The number of aromatic nitrogens is 1. The van der Waals surface area contributed by atoms with Gasteiger partial charge in [-0.1, -0.05) is 60.7 Å². The zero-order valence-electron chi connectivity index (χ0n) is 17.3. The maximum absolute atomic E-state index is 10.1. The molecule has 0 aliphatic carbocycles. The highest BCUT2D eigenvalue weighted by Gasteiger charge is 2.50.